The van der Waals surface area contributed by atoms with E-state index < -0.39 is 0 Å². The molecule has 0 unspecified atom stereocenters. The molecule has 2 rings (SSSR count). The Kier molecular flexibility index (Phi) is 9.08. The van der Waals surface area contributed by atoms with Crippen molar-refractivity contribution >= 4 is 5.96 Å². The van der Waals surface area contributed by atoms with E-state index in [2.05, 4.69) is 21.7 Å². The van der Waals surface area contributed by atoms with Crippen LogP contribution in [0.2, 0.25) is 0 Å². The smallest absolute Gasteiger partial charge is 0.191 e. The van der Waals surface area contributed by atoms with E-state index in [1.54, 1.807) is 7.05 Å². The fourth-order valence-electron chi connectivity index (χ4n) is 2.43. The molecule has 0 saturated heterocycles. The zero-order chi connectivity index (χ0) is 18.5. The third-order valence-corrected chi connectivity index (χ3v) is 3.77. The number of hydrogen-bond donors (Lipinski definition) is 2. The maximum atomic E-state index is 5.88. The number of aliphatic imine (C=N–C) groups is 1. The Balaban J connectivity index is 1.76. The van der Waals surface area contributed by atoms with Gasteiger partial charge in [-0.15, -0.1) is 0 Å². The molecule has 2 aromatic rings. The normalized spacial score (nSPS) is 11.2. The van der Waals surface area contributed by atoms with E-state index in [0.29, 0.717) is 6.54 Å². The maximum Gasteiger partial charge on any atom is 0.191 e. The lowest BCUT2D eigenvalue weighted by atomic mass is 10.2. The quantitative estimate of drug-likeness (QED) is 0.385. The first-order valence-corrected chi connectivity index (χ1v) is 9.16. The summed E-state index contributed by atoms with van der Waals surface area (Å²) in [5.41, 5.74) is 1.14. The Morgan fingerprint density at radius 2 is 1.77 bits per heavy atom. The lowest BCUT2D eigenvalue weighted by Gasteiger charge is -2.13. The van der Waals surface area contributed by atoms with Gasteiger partial charge in [0.2, 0.25) is 0 Å². The van der Waals surface area contributed by atoms with E-state index in [1.165, 1.54) is 0 Å². The minimum absolute atomic E-state index is 0.685. The fourth-order valence-corrected chi connectivity index (χ4v) is 2.43. The second kappa shape index (κ2) is 11.9. The number of ether oxygens (including phenoxy) is 2. The minimum atomic E-state index is 0.685. The van der Waals surface area contributed by atoms with Gasteiger partial charge in [-0.05, 0) is 49.6 Å². The van der Waals surface area contributed by atoms with Crippen LogP contribution in [0.1, 0.15) is 25.3 Å². The summed E-state index contributed by atoms with van der Waals surface area (Å²) >= 11 is 0. The standard InChI is InChI=1S/C21H29N3O2/c1-3-25-15-8-7-14-23-21(22-2)24-17-18-10-9-13-20(16-18)26-19-11-5-4-6-12-19/h4-6,9-13,16H,3,7-8,14-15,17H2,1-2H3,(H2,22,23,24). The molecule has 0 aromatic heterocycles. The van der Waals surface area contributed by atoms with Crippen LogP contribution in [0.25, 0.3) is 0 Å². The molecule has 5 nitrogen and oxygen atoms in total. The predicted octanol–water partition coefficient (Wildman–Crippen LogP) is 3.96. The molecule has 140 valence electrons. The average molecular weight is 355 g/mol. The van der Waals surface area contributed by atoms with Gasteiger partial charge < -0.3 is 20.1 Å². The van der Waals surface area contributed by atoms with Gasteiger partial charge in [0.1, 0.15) is 11.5 Å². The van der Waals surface area contributed by atoms with Gasteiger partial charge in [-0.3, -0.25) is 4.99 Å². The van der Waals surface area contributed by atoms with Crippen LogP contribution in [-0.4, -0.2) is 32.8 Å². The van der Waals surface area contributed by atoms with Crippen molar-refractivity contribution in [2.75, 3.05) is 26.8 Å². The molecular weight excluding hydrogens is 326 g/mol. The van der Waals surface area contributed by atoms with Crippen LogP contribution in [-0.2, 0) is 11.3 Å². The number of hydrogen-bond acceptors (Lipinski definition) is 3. The van der Waals surface area contributed by atoms with Gasteiger partial charge in [0, 0.05) is 33.4 Å². The van der Waals surface area contributed by atoms with Gasteiger partial charge in [0.25, 0.3) is 0 Å². The van der Waals surface area contributed by atoms with Gasteiger partial charge in [0.05, 0.1) is 0 Å². The van der Waals surface area contributed by atoms with Gasteiger partial charge in [-0.2, -0.15) is 0 Å². The molecule has 0 bridgehead atoms. The average Bonchev–Trinajstić information content (AvgIpc) is 2.68. The van der Waals surface area contributed by atoms with Crippen LogP contribution in [0.3, 0.4) is 0 Å². The SMILES string of the molecule is CCOCCCCNC(=NC)NCc1cccc(Oc2ccccc2)c1. The lowest BCUT2D eigenvalue weighted by Crippen LogP contribution is -2.37. The van der Waals surface area contributed by atoms with Crippen LogP contribution >= 0.6 is 0 Å². The third-order valence-electron chi connectivity index (χ3n) is 3.77. The number of benzene rings is 2. The largest absolute Gasteiger partial charge is 0.457 e. The zero-order valence-corrected chi connectivity index (χ0v) is 15.7. The highest BCUT2D eigenvalue weighted by Crippen LogP contribution is 2.21. The molecule has 0 fully saturated rings. The van der Waals surface area contributed by atoms with Crippen LogP contribution in [0, 0.1) is 0 Å². The van der Waals surface area contributed by atoms with Crippen LogP contribution in [0.15, 0.2) is 59.6 Å². The topological polar surface area (TPSA) is 54.9 Å². The van der Waals surface area contributed by atoms with Crippen molar-refractivity contribution in [2.24, 2.45) is 4.99 Å². The molecule has 0 aliphatic heterocycles. The Morgan fingerprint density at radius 3 is 2.54 bits per heavy atom. The summed E-state index contributed by atoms with van der Waals surface area (Å²) in [4.78, 5) is 4.26. The summed E-state index contributed by atoms with van der Waals surface area (Å²) < 4.78 is 11.2. The van der Waals surface area contributed by atoms with Gasteiger partial charge in [-0.25, -0.2) is 0 Å². The monoisotopic (exact) mass is 355 g/mol. The first kappa shape index (κ1) is 19.8. The molecule has 5 heteroatoms. The number of unbranched alkanes of at least 4 members (excludes halogenated alkanes) is 1. The zero-order valence-electron chi connectivity index (χ0n) is 15.7. The Labute approximate surface area is 156 Å². The van der Waals surface area contributed by atoms with Crippen molar-refractivity contribution in [2.45, 2.75) is 26.3 Å². The second-order valence-corrected chi connectivity index (χ2v) is 5.82. The Morgan fingerprint density at radius 1 is 0.962 bits per heavy atom. The molecule has 0 radical (unpaired) electrons. The summed E-state index contributed by atoms with van der Waals surface area (Å²) in [7, 11) is 1.78. The molecule has 0 spiro atoms. The Hall–Kier alpha value is -2.53. The third kappa shape index (κ3) is 7.57. The fraction of sp³-hybridized carbons (Fsp3) is 0.381. The molecule has 0 aliphatic rings. The summed E-state index contributed by atoms with van der Waals surface area (Å²) in [5, 5.41) is 6.65. The van der Waals surface area contributed by atoms with Crippen molar-refractivity contribution < 1.29 is 9.47 Å². The maximum absolute atomic E-state index is 5.88. The van der Waals surface area contributed by atoms with Crippen LogP contribution in [0.4, 0.5) is 0 Å². The summed E-state index contributed by atoms with van der Waals surface area (Å²) in [6.45, 7) is 5.18. The van der Waals surface area contributed by atoms with Crippen molar-refractivity contribution in [3.05, 3.63) is 60.2 Å². The molecule has 0 heterocycles. The van der Waals surface area contributed by atoms with E-state index >= 15 is 0 Å². The van der Waals surface area contributed by atoms with Crippen molar-refractivity contribution in [1.29, 1.82) is 0 Å². The van der Waals surface area contributed by atoms with Gasteiger partial charge in [-0.1, -0.05) is 30.3 Å². The summed E-state index contributed by atoms with van der Waals surface area (Å²) in [5.74, 6) is 2.47. The van der Waals surface area contributed by atoms with Crippen molar-refractivity contribution in [1.82, 2.24) is 10.6 Å². The molecule has 2 aromatic carbocycles. The van der Waals surface area contributed by atoms with E-state index in [0.717, 1.165) is 55.6 Å². The van der Waals surface area contributed by atoms with E-state index in [1.807, 2.05) is 55.5 Å². The molecule has 2 N–H and O–H groups in total. The second-order valence-electron chi connectivity index (χ2n) is 5.82. The molecule has 0 aliphatic carbocycles. The highest BCUT2D eigenvalue weighted by atomic mass is 16.5. The first-order chi connectivity index (χ1) is 12.8. The van der Waals surface area contributed by atoms with Gasteiger partial charge in [0.15, 0.2) is 5.96 Å². The Bertz CT molecular complexity index is 659. The minimum Gasteiger partial charge on any atom is -0.457 e. The number of nitrogens with zero attached hydrogens (tertiary/aromatic N) is 1. The molecule has 26 heavy (non-hydrogen) atoms. The number of guanidine groups is 1. The molecule has 0 saturated carbocycles. The van der Waals surface area contributed by atoms with Gasteiger partial charge >= 0.3 is 0 Å². The van der Waals surface area contributed by atoms with Crippen molar-refractivity contribution in [3.63, 3.8) is 0 Å². The first-order valence-electron chi connectivity index (χ1n) is 9.16. The number of nitrogens with one attached hydrogen (secondary N) is 2. The number of rotatable bonds is 10. The molecular formula is C21H29N3O2. The lowest BCUT2D eigenvalue weighted by molar-refractivity contribution is 0.143. The van der Waals surface area contributed by atoms with E-state index in [-0.39, 0.29) is 0 Å². The van der Waals surface area contributed by atoms with E-state index in [4.69, 9.17) is 9.47 Å². The highest BCUT2D eigenvalue weighted by molar-refractivity contribution is 5.79. The van der Waals surface area contributed by atoms with E-state index in [9.17, 15) is 0 Å². The van der Waals surface area contributed by atoms with Crippen LogP contribution in [0.5, 0.6) is 11.5 Å². The predicted molar refractivity (Wildman–Crippen MR) is 107 cm³/mol. The summed E-state index contributed by atoms with van der Waals surface area (Å²) in [6, 6.07) is 17.9. The molecule has 0 amide bonds. The van der Waals surface area contributed by atoms with Crippen molar-refractivity contribution in [3.8, 4) is 11.5 Å². The highest BCUT2D eigenvalue weighted by Gasteiger charge is 2.01. The van der Waals surface area contributed by atoms with Crippen LogP contribution < -0.4 is 15.4 Å². The summed E-state index contributed by atoms with van der Waals surface area (Å²) in [6.07, 6.45) is 2.11. The molecule has 0 atom stereocenters. The number of para-hydroxylation sites is 1.